The molecule has 0 saturated heterocycles. The highest BCUT2D eigenvalue weighted by atomic mass is 28.4. The first kappa shape index (κ1) is 81.4. The van der Waals surface area contributed by atoms with E-state index in [2.05, 4.69) is 54.5 Å². The summed E-state index contributed by atoms with van der Waals surface area (Å²) < 4.78 is 79.8. The minimum atomic E-state index is -2.49. The van der Waals surface area contributed by atoms with Crippen LogP contribution in [0.2, 0.25) is 18.1 Å². The SMILES string of the molecule is CN(C)c1ccc(-c2ccc(C[C@H](N)[C@@H](O)C[C@@H](Cc3ccccc3F)C(=O)N[C@H]3c4cccc(F)c4OC[C@H]3O)cc2)cn1.CN(C)c1ccc(-c2ccc(C[C@H](NC(=O)OC(C)(C)C)[C@H](C[C@@H](Cc3ccccc3F)C(=O)O)O[Si](C)(C)C(C)(C)C)cc2)cn1.N[C@H]1c2cccc(F)c2OC[C@H]1O. The summed E-state index contributed by atoms with van der Waals surface area (Å²) in [6.45, 7) is 15.7. The van der Waals surface area contributed by atoms with E-state index >= 15 is 0 Å². The number of nitrogens with two attached hydrogens (primary N) is 2. The normalized spacial score (nSPS) is 17.3. The van der Waals surface area contributed by atoms with Gasteiger partial charge in [-0.05, 0) is 159 Å². The largest absolute Gasteiger partial charge is 0.487 e. The van der Waals surface area contributed by atoms with Crippen molar-refractivity contribution in [2.45, 2.75) is 152 Å². The molecule has 2 amide bonds. The summed E-state index contributed by atoms with van der Waals surface area (Å²) in [6, 6.07) is 42.1. The number of hydrogen-bond donors (Lipinski definition) is 8. The van der Waals surface area contributed by atoms with Crippen molar-refractivity contribution in [2.75, 3.05) is 51.2 Å². The van der Waals surface area contributed by atoms with Crippen LogP contribution in [0.25, 0.3) is 22.3 Å². The number of alkyl carbamates (subject to hydrolysis) is 1. The second kappa shape index (κ2) is 36.1. The van der Waals surface area contributed by atoms with Crippen LogP contribution in [0, 0.1) is 35.1 Å². The van der Waals surface area contributed by atoms with Gasteiger partial charge in [0.05, 0.1) is 36.3 Å². The third-order valence-electron chi connectivity index (χ3n) is 19.0. The molecule has 0 aliphatic carbocycles. The molecule has 562 valence electrons. The average molecular weight is 1470 g/mol. The number of aliphatic hydroxyl groups is 3. The van der Waals surface area contributed by atoms with Crippen LogP contribution in [0.4, 0.5) is 34.0 Å². The molecule has 105 heavy (non-hydrogen) atoms. The second-order valence-corrected chi connectivity index (χ2v) is 34.4. The topological polar surface area (TPSA) is 277 Å². The lowest BCUT2D eigenvalue weighted by Gasteiger charge is -2.42. The van der Waals surface area contributed by atoms with E-state index in [1.54, 1.807) is 75.4 Å². The number of para-hydroxylation sites is 2. The molecule has 0 radical (unpaired) electrons. The molecule has 0 bridgehead atoms. The molecular weight excluding hydrogens is 1370 g/mol. The maximum atomic E-state index is 14.7. The van der Waals surface area contributed by atoms with Gasteiger partial charge in [0.25, 0.3) is 0 Å². The van der Waals surface area contributed by atoms with Crippen molar-refractivity contribution >= 4 is 37.9 Å². The number of aliphatic hydroxyl groups excluding tert-OH is 3. The molecular formula is C81H100F4N8O11Si. The summed E-state index contributed by atoms with van der Waals surface area (Å²) in [5.74, 6) is -3.52. The zero-order valence-electron chi connectivity index (χ0n) is 61.7. The minimum absolute atomic E-state index is 0.00608. The Kier molecular flexibility index (Phi) is 28.0. The van der Waals surface area contributed by atoms with Crippen molar-refractivity contribution in [3.8, 4) is 33.8 Å². The summed E-state index contributed by atoms with van der Waals surface area (Å²) in [5, 5.41) is 47.1. The average Bonchev–Trinajstić information content (AvgIpc) is 0.813. The Bertz CT molecular complexity index is 4170. The lowest BCUT2D eigenvalue weighted by atomic mass is 9.88. The molecule has 6 aromatic carbocycles. The van der Waals surface area contributed by atoms with Gasteiger partial charge in [-0.1, -0.05) is 130 Å². The molecule has 19 nitrogen and oxygen atoms in total. The number of aromatic nitrogens is 2. The molecule has 4 heterocycles. The van der Waals surface area contributed by atoms with E-state index in [1.807, 2.05) is 123 Å². The Morgan fingerprint density at radius 1 is 0.600 bits per heavy atom. The second-order valence-electron chi connectivity index (χ2n) is 29.7. The van der Waals surface area contributed by atoms with Crippen molar-refractivity contribution < 1.29 is 71.0 Å². The molecule has 2 aliphatic rings. The Hall–Kier alpha value is -9.27. The summed E-state index contributed by atoms with van der Waals surface area (Å²) in [4.78, 5) is 52.4. The van der Waals surface area contributed by atoms with Gasteiger partial charge >= 0.3 is 12.1 Å². The highest BCUT2D eigenvalue weighted by Crippen LogP contribution is 2.40. The van der Waals surface area contributed by atoms with E-state index < -0.39 is 116 Å². The van der Waals surface area contributed by atoms with E-state index in [-0.39, 0.29) is 55.4 Å². The van der Waals surface area contributed by atoms with Crippen LogP contribution in [-0.2, 0) is 44.4 Å². The smallest absolute Gasteiger partial charge is 0.407 e. The van der Waals surface area contributed by atoms with Crippen LogP contribution in [0.15, 0.2) is 170 Å². The fourth-order valence-corrected chi connectivity index (χ4v) is 13.3. The predicted molar refractivity (Wildman–Crippen MR) is 402 cm³/mol. The number of benzene rings is 6. The van der Waals surface area contributed by atoms with Crippen LogP contribution in [0.1, 0.15) is 99.8 Å². The maximum Gasteiger partial charge on any atom is 0.407 e. The third kappa shape index (κ3) is 22.6. The summed E-state index contributed by atoms with van der Waals surface area (Å²) in [6.07, 6.45) is 0.0635. The van der Waals surface area contributed by atoms with Gasteiger partial charge in [-0.3, -0.25) is 9.59 Å². The molecule has 2 aromatic heterocycles. The van der Waals surface area contributed by atoms with E-state index in [4.69, 9.17) is 30.1 Å². The molecule has 24 heteroatoms. The number of carbonyl (C=O) groups is 3. The van der Waals surface area contributed by atoms with Crippen LogP contribution in [0.5, 0.6) is 11.5 Å². The number of carboxylic acids is 1. The number of nitrogens with one attached hydrogen (secondary N) is 2. The molecule has 0 saturated carbocycles. The van der Waals surface area contributed by atoms with Crippen molar-refractivity contribution in [1.82, 2.24) is 20.6 Å². The van der Waals surface area contributed by atoms with Gasteiger partial charge in [0, 0.05) is 74.8 Å². The number of rotatable bonds is 24. The zero-order chi connectivity index (χ0) is 76.7. The fraction of sp³-hybridized carbons (Fsp3) is 0.395. The number of carbonyl (C=O) groups excluding carboxylic acids is 2. The molecule has 0 fully saturated rings. The predicted octanol–water partition coefficient (Wildman–Crippen LogP) is 12.9. The number of amides is 2. The van der Waals surface area contributed by atoms with Gasteiger partial charge < -0.3 is 71.0 Å². The minimum Gasteiger partial charge on any atom is -0.487 e. The Morgan fingerprint density at radius 2 is 1.06 bits per heavy atom. The van der Waals surface area contributed by atoms with E-state index in [0.29, 0.717) is 35.1 Å². The third-order valence-corrected chi connectivity index (χ3v) is 23.5. The van der Waals surface area contributed by atoms with Gasteiger partial charge in [0.15, 0.2) is 31.5 Å². The molecule has 0 spiro atoms. The van der Waals surface area contributed by atoms with Crippen LogP contribution < -0.4 is 41.4 Å². The van der Waals surface area contributed by atoms with E-state index in [1.165, 1.54) is 30.3 Å². The van der Waals surface area contributed by atoms with Gasteiger partial charge in [-0.15, -0.1) is 0 Å². The van der Waals surface area contributed by atoms with Crippen molar-refractivity contribution in [2.24, 2.45) is 23.3 Å². The standard InChI is InChI=1S/C37H52FN3O5Si.C35H38F2N4O4.C9H10FNO2/c1-36(2,3)45-35(44)40-31(21-25-15-17-26(18-16-25)28-19-20-33(39-24-28)41(7)8)32(46-47(9,10)37(4,5)6)23-29(34(42)43)22-27-13-11-12-14-30(27)38;1-41(2)32-15-14-24(19-39-32)22-12-10-21(11-13-22)16-29(38)30(42)18-25(17-23-6-3-4-8-27(23)36)35(44)40-33-26-7-5-9-28(37)34(26)45-20-31(33)43;10-6-3-1-2-5-8(11)7(12)4-13-9(5)6/h11-20,24,29,31-32H,21-23H2,1-10H3,(H,40,44)(H,42,43);3-15,19,25,29-31,33,42-43H,16-18,20,38H2,1-2H3,(H,40,44);1-3,7-8,12H,4,11H2/t29-,31+,32+;25-,29+,30+,31-,33+;7-,8+/m111/s1. The summed E-state index contributed by atoms with van der Waals surface area (Å²) in [7, 11) is 5.26. The number of halogens is 4. The van der Waals surface area contributed by atoms with E-state index in [0.717, 1.165) is 45.0 Å². The number of fused-ring (bicyclic) bond motifs is 2. The molecule has 0 unspecified atom stereocenters. The Balaban J connectivity index is 0.000000226. The summed E-state index contributed by atoms with van der Waals surface area (Å²) in [5.41, 5.74) is 18.6. The van der Waals surface area contributed by atoms with Gasteiger partial charge in [-0.25, -0.2) is 32.3 Å². The number of nitrogens with zero attached hydrogens (tertiary/aromatic N) is 4. The Morgan fingerprint density at radius 3 is 1.52 bits per heavy atom. The summed E-state index contributed by atoms with van der Waals surface area (Å²) >= 11 is 0. The number of ether oxygens (including phenoxy) is 3. The molecule has 10 N–H and O–H groups in total. The first-order valence-corrected chi connectivity index (χ1v) is 38.0. The van der Waals surface area contributed by atoms with Crippen molar-refractivity contribution in [3.05, 3.63) is 227 Å². The van der Waals surface area contributed by atoms with Crippen LogP contribution >= 0.6 is 0 Å². The molecule has 10 rings (SSSR count). The maximum absolute atomic E-state index is 14.7. The highest BCUT2D eigenvalue weighted by molar-refractivity contribution is 6.74. The molecule has 8 aromatic rings. The number of anilines is 2. The quantitative estimate of drug-likeness (QED) is 0.0206. The first-order chi connectivity index (χ1) is 49.6. The van der Waals surface area contributed by atoms with Crippen molar-refractivity contribution in [1.29, 1.82) is 0 Å². The lowest BCUT2D eigenvalue weighted by Crippen LogP contribution is -2.54. The number of aliphatic carboxylic acids is 1. The number of carboxylic acid groups (broad SMARTS) is 1. The first-order valence-electron chi connectivity index (χ1n) is 35.1. The van der Waals surface area contributed by atoms with Crippen molar-refractivity contribution in [3.63, 3.8) is 0 Å². The molecule has 2 aliphatic heterocycles. The van der Waals surface area contributed by atoms with Crippen LogP contribution in [0.3, 0.4) is 0 Å². The lowest BCUT2D eigenvalue weighted by molar-refractivity contribution is -0.142. The molecule has 10 atom stereocenters. The van der Waals surface area contributed by atoms with Crippen LogP contribution in [-0.4, -0.2) is 140 Å². The monoisotopic (exact) mass is 1460 g/mol. The van der Waals surface area contributed by atoms with E-state index in [9.17, 15) is 52.4 Å². The number of hydrogen-bond acceptors (Lipinski definition) is 16. The fourth-order valence-electron chi connectivity index (χ4n) is 12.0. The van der Waals surface area contributed by atoms with Gasteiger partial charge in [0.1, 0.15) is 54.3 Å². The zero-order valence-corrected chi connectivity index (χ0v) is 62.7. The highest BCUT2D eigenvalue weighted by Gasteiger charge is 2.43. The number of pyridine rings is 2. The van der Waals surface area contributed by atoms with Gasteiger partial charge in [-0.2, -0.15) is 0 Å². The Labute approximate surface area is 614 Å². The van der Waals surface area contributed by atoms with Gasteiger partial charge in [0.2, 0.25) is 5.91 Å².